The Balaban J connectivity index is 1.59. The number of urea groups is 1. The van der Waals surface area contributed by atoms with E-state index < -0.39 is 18.0 Å². The molecule has 3 rings (SSSR count). The van der Waals surface area contributed by atoms with Crippen molar-refractivity contribution in [2.24, 2.45) is 0 Å². The van der Waals surface area contributed by atoms with Gasteiger partial charge in [-0.2, -0.15) is 0 Å². The Morgan fingerprint density at radius 1 is 0.900 bits per heavy atom. The molecule has 154 valence electrons. The summed E-state index contributed by atoms with van der Waals surface area (Å²) < 4.78 is 23.5. The molecule has 30 heavy (non-hydrogen) atoms. The van der Waals surface area contributed by atoms with Crippen molar-refractivity contribution in [1.82, 2.24) is 5.32 Å². The highest BCUT2D eigenvalue weighted by Crippen LogP contribution is 2.22. The Bertz CT molecular complexity index is 976. The minimum Gasteiger partial charge on any atom is -0.467 e. The molecule has 0 heterocycles. The molecule has 1 unspecified atom stereocenters. The van der Waals surface area contributed by atoms with E-state index >= 15 is 0 Å². The fraction of sp³-hybridized carbons (Fsp3) is 0.130. The van der Waals surface area contributed by atoms with Gasteiger partial charge in [0.05, 0.1) is 7.11 Å². The number of hydrogen-bond donors (Lipinski definition) is 2. The van der Waals surface area contributed by atoms with Crippen molar-refractivity contribution < 1.29 is 23.5 Å². The van der Waals surface area contributed by atoms with E-state index in [9.17, 15) is 14.0 Å². The number of hydrogen-bond acceptors (Lipinski definition) is 4. The number of halogens is 1. The van der Waals surface area contributed by atoms with Crippen LogP contribution in [0.5, 0.6) is 11.5 Å². The number of amides is 2. The van der Waals surface area contributed by atoms with Crippen LogP contribution in [0.3, 0.4) is 0 Å². The smallest absolute Gasteiger partial charge is 0.328 e. The molecule has 6 nitrogen and oxygen atoms in total. The van der Waals surface area contributed by atoms with Gasteiger partial charge in [-0.15, -0.1) is 0 Å². The first-order valence-electron chi connectivity index (χ1n) is 9.26. The summed E-state index contributed by atoms with van der Waals surface area (Å²) in [6.07, 6.45) is 0.171. The molecule has 0 spiro atoms. The third kappa shape index (κ3) is 6.07. The first-order chi connectivity index (χ1) is 14.5. The van der Waals surface area contributed by atoms with Crippen LogP contribution >= 0.6 is 0 Å². The van der Waals surface area contributed by atoms with E-state index in [0.717, 1.165) is 0 Å². The van der Waals surface area contributed by atoms with Gasteiger partial charge in [0.2, 0.25) is 0 Å². The Labute approximate surface area is 173 Å². The number of esters is 1. The maximum Gasteiger partial charge on any atom is 0.328 e. The largest absolute Gasteiger partial charge is 0.467 e. The second-order valence-electron chi connectivity index (χ2n) is 6.44. The maximum atomic E-state index is 13.1. The van der Waals surface area contributed by atoms with E-state index in [-0.39, 0.29) is 12.2 Å². The number of carbonyl (C=O) groups is 2. The highest BCUT2D eigenvalue weighted by molar-refractivity contribution is 5.92. The summed E-state index contributed by atoms with van der Waals surface area (Å²) in [4.78, 5) is 24.4. The first-order valence-corrected chi connectivity index (χ1v) is 9.26. The number of para-hydroxylation sites is 1. The number of rotatable bonds is 7. The van der Waals surface area contributed by atoms with Crippen LogP contribution in [-0.2, 0) is 16.0 Å². The number of nitrogens with one attached hydrogen (secondary N) is 2. The SMILES string of the molecule is COC(=O)C(Cc1ccc(F)cc1)NC(=O)Nc1ccc(Oc2ccccc2)cc1. The normalized spacial score (nSPS) is 11.3. The molecule has 3 aromatic carbocycles. The van der Waals surface area contributed by atoms with Crippen LogP contribution in [0.25, 0.3) is 0 Å². The fourth-order valence-electron chi connectivity index (χ4n) is 2.75. The average molecular weight is 408 g/mol. The van der Waals surface area contributed by atoms with Crippen LogP contribution in [-0.4, -0.2) is 25.2 Å². The van der Waals surface area contributed by atoms with Gasteiger partial charge < -0.3 is 20.1 Å². The summed E-state index contributed by atoms with van der Waals surface area (Å²) in [5, 5.41) is 5.25. The first kappa shape index (κ1) is 20.9. The van der Waals surface area contributed by atoms with Gasteiger partial charge in [0.25, 0.3) is 0 Å². The van der Waals surface area contributed by atoms with Crippen LogP contribution in [0, 0.1) is 5.82 Å². The zero-order chi connectivity index (χ0) is 21.3. The molecule has 0 saturated carbocycles. The molecule has 0 fully saturated rings. The number of carbonyl (C=O) groups excluding carboxylic acids is 2. The molecule has 1 atom stereocenters. The lowest BCUT2D eigenvalue weighted by atomic mass is 10.1. The Kier molecular flexibility index (Phi) is 7.00. The summed E-state index contributed by atoms with van der Waals surface area (Å²) >= 11 is 0. The highest BCUT2D eigenvalue weighted by atomic mass is 19.1. The zero-order valence-electron chi connectivity index (χ0n) is 16.3. The van der Waals surface area contributed by atoms with E-state index in [2.05, 4.69) is 10.6 Å². The van der Waals surface area contributed by atoms with E-state index in [0.29, 0.717) is 22.7 Å². The monoisotopic (exact) mass is 408 g/mol. The summed E-state index contributed by atoms with van der Waals surface area (Å²) in [6, 6.07) is 20.4. The lowest BCUT2D eigenvalue weighted by molar-refractivity contribution is -0.142. The van der Waals surface area contributed by atoms with Gasteiger partial charge >= 0.3 is 12.0 Å². The Morgan fingerprint density at radius 2 is 1.53 bits per heavy atom. The number of anilines is 1. The quantitative estimate of drug-likeness (QED) is 0.564. The van der Waals surface area contributed by atoms with Crippen LogP contribution in [0.2, 0.25) is 0 Å². The molecule has 0 radical (unpaired) electrons. The molecule has 3 aromatic rings. The highest BCUT2D eigenvalue weighted by Gasteiger charge is 2.22. The van der Waals surface area contributed by atoms with Gasteiger partial charge in [-0.3, -0.25) is 0 Å². The van der Waals surface area contributed by atoms with Gasteiger partial charge in [-0.05, 0) is 54.1 Å². The molecule has 0 saturated heterocycles. The van der Waals surface area contributed by atoms with Crippen molar-refractivity contribution in [3.8, 4) is 11.5 Å². The second-order valence-corrected chi connectivity index (χ2v) is 6.44. The average Bonchev–Trinajstić information content (AvgIpc) is 2.76. The van der Waals surface area contributed by atoms with Crippen LogP contribution in [0.1, 0.15) is 5.56 Å². The molecule has 0 aliphatic rings. The van der Waals surface area contributed by atoms with E-state index in [4.69, 9.17) is 9.47 Å². The molecular formula is C23H21FN2O4. The van der Waals surface area contributed by atoms with Crippen molar-refractivity contribution >= 4 is 17.7 Å². The third-order valence-electron chi connectivity index (χ3n) is 4.24. The lowest BCUT2D eigenvalue weighted by Crippen LogP contribution is -2.45. The van der Waals surface area contributed by atoms with Crippen molar-refractivity contribution in [2.75, 3.05) is 12.4 Å². The predicted molar refractivity (Wildman–Crippen MR) is 111 cm³/mol. The minimum absolute atomic E-state index is 0.171. The standard InChI is InChI=1S/C23H21FN2O4/c1-29-22(27)21(15-16-7-9-17(24)10-8-16)26-23(28)25-18-11-13-20(14-12-18)30-19-5-3-2-4-6-19/h2-14,21H,15H2,1H3,(H2,25,26,28). The number of ether oxygens (including phenoxy) is 2. The second kappa shape index (κ2) is 10.1. The molecule has 0 aromatic heterocycles. The summed E-state index contributed by atoms with van der Waals surface area (Å²) in [6.45, 7) is 0. The zero-order valence-corrected chi connectivity index (χ0v) is 16.3. The number of benzene rings is 3. The predicted octanol–water partition coefficient (Wildman–Crippen LogP) is 4.52. The van der Waals surface area contributed by atoms with Crippen molar-refractivity contribution in [3.05, 3.63) is 90.2 Å². The third-order valence-corrected chi connectivity index (χ3v) is 4.24. The summed E-state index contributed by atoms with van der Waals surface area (Å²) in [7, 11) is 1.24. The van der Waals surface area contributed by atoms with E-state index in [1.165, 1.54) is 19.2 Å². The van der Waals surface area contributed by atoms with Crippen molar-refractivity contribution in [2.45, 2.75) is 12.5 Å². The van der Waals surface area contributed by atoms with Gasteiger partial charge in [-0.25, -0.2) is 14.0 Å². The molecule has 2 N–H and O–H groups in total. The topological polar surface area (TPSA) is 76.7 Å². The van der Waals surface area contributed by atoms with Crippen molar-refractivity contribution in [3.63, 3.8) is 0 Å². The maximum absolute atomic E-state index is 13.1. The number of methoxy groups -OCH3 is 1. The summed E-state index contributed by atoms with van der Waals surface area (Å²) in [5.74, 6) is 0.355. The fourth-order valence-corrected chi connectivity index (χ4v) is 2.75. The molecule has 7 heteroatoms. The van der Waals surface area contributed by atoms with Gasteiger partial charge in [-0.1, -0.05) is 30.3 Å². The molecule has 0 bridgehead atoms. The molecular weight excluding hydrogens is 387 g/mol. The Hall–Kier alpha value is -3.87. The van der Waals surface area contributed by atoms with Crippen LogP contribution in [0.15, 0.2) is 78.9 Å². The summed E-state index contributed by atoms with van der Waals surface area (Å²) in [5.41, 5.74) is 1.22. The van der Waals surface area contributed by atoms with Crippen LogP contribution < -0.4 is 15.4 Å². The van der Waals surface area contributed by atoms with E-state index in [1.807, 2.05) is 30.3 Å². The van der Waals surface area contributed by atoms with Gasteiger partial charge in [0.1, 0.15) is 23.4 Å². The molecule has 0 aliphatic heterocycles. The minimum atomic E-state index is -0.916. The molecule has 0 aliphatic carbocycles. The van der Waals surface area contributed by atoms with Gasteiger partial charge in [0, 0.05) is 12.1 Å². The van der Waals surface area contributed by atoms with Crippen molar-refractivity contribution in [1.29, 1.82) is 0 Å². The van der Waals surface area contributed by atoms with E-state index in [1.54, 1.807) is 36.4 Å². The Morgan fingerprint density at radius 3 is 2.17 bits per heavy atom. The van der Waals surface area contributed by atoms with Crippen LogP contribution in [0.4, 0.5) is 14.9 Å². The molecule has 2 amide bonds. The lowest BCUT2D eigenvalue weighted by Gasteiger charge is -2.17. The van der Waals surface area contributed by atoms with Gasteiger partial charge in [0.15, 0.2) is 0 Å².